The van der Waals surface area contributed by atoms with Gasteiger partial charge in [-0.15, -0.1) is 0 Å². The number of rotatable bonds is 0. The molecule has 1 aromatic rings. The van der Waals surface area contributed by atoms with E-state index in [4.69, 9.17) is 22.6 Å². The van der Waals surface area contributed by atoms with Gasteiger partial charge in [0.2, 0.25) is 0 Å². The highest BCUT2D eigenvalue weighted by Gasteiger charge is 2.51. The second-order valence-electron chi connectivity index (χ2n) is 3.58. The van der Waals surface area contributed by atoms with Gasteiger partial charge in [-0.3, -0.25) is 4.98 Å². The van der Waals surface area contributed by atoms with Gasteiger partial charge >= 0.3 is 0 Å². The quantitative estimate of drug-likeness (QED) is 0.674. The third kappa shape index (κ3) is 1.09. The number of aromatic nitrogens is 1. The molecule has 3 aliphatic rings. The minimum Gasteiger partial charge on any atom is -0.488 e. The van der Waals surface area contributed by atoms with Gasteiger partial charge in [-0.2, -0.15) is 0 Å². The maximum absolute atomic E-state index is 8.81. The van der Waals surface area contributed by atoms with Crippen LogP contribution < -0.4 is 4.74 Å². The van der Waals surface area contributed by atoms with E-state index in [1.165, 1.54) is 6.07 Å². The third-order valence-corrected chi connectivity index (χ3v) is 2.55. The summed E-state index contributed by atoms with van der Waals surface area (Å²) >= 11 is 0. The van der Waals surface area contributed by atoms with Crippen molar-refractivity contribution in [1.29, 1.82) is 0 Å². The van der Waals surface area contributed by atoms with Crippen molar-refractivity contribution in [2.24, 2.45) is 5.41 Å². The molecule has 0 N–H and O–H groups in total. The first-order chi connectivity index (χ1) is 12.8. The van der Waals surface area contributed by atoms with Crippen LogP contribution in [0.15, 0.2) is 18.3 Å². The topological polar surface area (TPSA) is 25.4 Å². The predicted octanol–water partition coefficient (Wildman–Crippen LogP) is 1.48. The van der Waals surface area contributed by atoms with Gasteiger partial charge in [-0.05, 0) is 31.4 Å². The summed E-state index contributed by atoms with van der Waals surface area (Å²) in [5, 5.41) is 0. The highest BCUT2D eigenvalue weighted by molar-refractivity contribution is 5.32. The van der Waals surface area contributed by atoms with Crippen LogP contribution in [0, 0.1) is 5.41 Å². The van der Waals surface area contributed by atoms with Gasteiger partial charge in [0.1, 0.15) is 11.8 Å². The molecule has 84 valence electrons. The average molecular weight is 229 g/mol. The van der Waals surface area contributed by atoms with Crippen LogP contribution >= 0.6 is 0 Å². The maximum atomic E-state index is 8.81. The molecule has 2 saturated heterocycles. The minimum atomic E-state index is -3.62. The van der Waals surface area contributed by atoms with E-state index in [1.54, 1.807) is 0 Å². The first kappa shape index (κ1) is 3.02. The lowest BCUT2D eigenvalue weighted by molar-refractivity contribution is -0.00192. The number of fused-ring (bicyclic) bond motifs is 2. The zero-order valence-corrected chi connectivity index (χ0v) is 8.03. The van der Waals surface area contributed by atoms with Crippen LogP contribution in [0.25, 0.3) is 0 Å². The Morgan fingerprint density at radius 1 is 1.62 bits per heavy atom. The number of hydrogen-bond donors (Lipinski definition) is 0. The first-order valence-electron chi connectivity index (χ1n) is 11.3. The number of pyridine rings is 1. The van der Waals surface area contributed by atoms with Crippen LogP contribution in [0.2, 0.25) is 0 Å². The molecule has 0 amide bonds. The van der Waals surface area contributed by atoms with Crippen molar-refractivity contribution in [3.63, 3.8) is 0 Å². The fourth-order valence-corrected chi connectivity index (χ4v) is 1.80. The monoisotopic (exact) mass is 229 g/mol. The van der Waals surface area contributed by atoms with Crippen molar-refractivity contribution in [2.45, 2.75) is 25.2 Å². The fourth-order valence-electron chi connectivity index (χ4n) is 1.80. The van der Waals surface area contributed by atoms with E-state index in [9.17, 15) is 0 Å². The molecule has 1 unspecified atom stereocenters. The van der Waals surface area contributed by atoms with Crippen LogP contribution in [0.5, 0.6) is 5.75 Å². The first-order valence-corrected chi connectivity index (χ1v) is 4.77. The standard InChI is InChI=1S/C13H16N2O/c1-2-11-10(14-5-1)8-13-4-7-15(9-13)6-3-12(13)16-11/h1-2,5,12H,3-4,6-9H2/t12-,13+/m0/s1/i3D2,4D2,6D2,7D2,8D2,9D2,12D. The van der Waals surface area contributed by atoms with Crippen molar-refractivity contribution in [3.8, 4) is 5.75 Å². The maximum Gasteiger partial charge on any atom is 0.141 e. The minimum absolute atomic E-state index is 0.269. The Morgan fingerprint density at radius 3 is 3.62 bits per heavy atom. The van der Waals surface area contributed by atoms with E-state index in [2.05, 4.69) is 4.98 Å². The summed E-state index contributed by atoms with van der Waals surface area (Å²) in [5.41, 5.74) is -4.12. The van der Waals surface area contributed by atoms with Crippen LogP contribution in [0.4, 0.5) is 0 Å². The Bertz CT molecular complexity index is 918. The second kappa shape index (κ2) is 2.98. The molecule has 0 saturated carbocycles. The summed E-state index contributed by atoms with van der Waals surface area (Å²) in [7, 11) is 0. The Labute approximate surface area is 114 Å². The van der Waals surface area contributed by atoms with Crippen molar-refractivity contribution < 1.29 is 22.6 Å². The number of piperidine rings is 1. The molecule has 1 aromatic heterocycles. The van der Waals surface area contributed by atoms with Crippen molar-refractivity contribution in [3.05, 3.63) is 24.0 Å². The molecule has 3 heteroatoms. The summed E-state index contributed by atoms with van der Waals surface area (Å²) < 4.78 is 115. The van der Waals surface area contributed by atoms with Gasteiger partial charge < -0.3 is 9.64 Å². The zero-order chi connectivity index (χ0) is 22.3. The Morgan fingerprint density at radius 2 is 2.62 bits per heavy atom. The highest BCUT2D eigenvalue weighted by atomic mass is 16.5. The molecule has 3 nitrogen and oxygen atoms in total. The molecule has 16 heavy (non-hydrogen) atoms. The molecule has 4 heterocycles. The predicted molar refractivity (Wildman–Crippen MR) is 60.5 cm³/mol. The van der Waals surface area contributed by atoms with Gasteiger partial charge in [0.25, 0.3) is 0 Å². The highest BCUT2D eigenvalue weighted by Crippen LogP contribution is 2.47. The Balaban J connectivity index is 2.28. The number of hydrogen-bond acceptors (Lipinski definition) is 3. The Kier molecular flexibility index (Phi) is 0.562. The molecule has 0 aliphatic carbocycles. The fraction of sp³-hybridized carbons (Fsp3) is 0.615. The van der Waals surface area contributed by atoms with Gasteiger partial charge in [-0.25, -0.2) is 0 Å². The van der Waals surface area contributed by atoms with Gasteiger partial charge in [0.05, 0.1) is 7.06 Å². The van der Waals surface area contributed by atoms with Gasteiger partial charge in [0, 0.05) is 47.4 Å². The van der Waals surface area contributed by atoms with Crippen LogP contribution in [0.1, 0.15) is 36.3 Å². The molecule has 3 atom stereocenters. The van der Waals surface area contributed by atoms with Crippen molar-refractivity contribution >= 4 is 0 Å². The molecule has 3 aliphatic heterocycles. The van der Waals surface area contributed by atoms with E-state index >= 15 is 0 Å². The zero-order valence-electron chi connectivity index (χ0n) is 21.0. The van der Waals surface area contributed by atoms with E-state index in [1.807, 2.05) is 0 Å². The number of ether oxygens (including phenoxy) is 1. The number of nitrogens with zero attached hydrogens (tertiary/aromatic N) is 2. The van der Waals surface area contributed by atoms with Crippen molar-refractivity contribution in [1.82, 2.24) is 9.88 Å². The van der Waals surface area contributed by atoms with E-state index in [0.29, 0.717) is 0 Å². The summed E-state index contributed by atoms with van der Waals surface area (Å²) in [6.45, 7) is -10.7. The van der Waals surface area contributed by atoms with Crippen LogP contribution in [0.3, 0.4) is 0 Å². The molecule has 4 rings (SSSR count). The van der Waals surface area contributed by atoms with Crippen LogP contribution in [-0.2, 0) is 6.37 Å². The molecule has 0 aromatic carbocycles. The SMILES string of the molecule is [2H]C1([2H])N2C([2H])([2H])C([2H])([2H])[C@]3([2H])Oc4cccnc4C([2H])([2H])[C@@]3(C2([2H])[2H])C1([2H])[2H]. The van der Waals surface area contributed by atoms with Crippen LogP contribution in [-0.4, -0.2) is 35.5 Å². The largest absolute Gasteiger partial charge is 0.488 e. The lowest BCUT2D eigenvalue weighted by atomic mass is 9.73. The normalized spacial score (nSPS) is 75.2. The molecule has 1 spiro atoms. The lowest BCUT2D eigenvalue weighted by Gasteiger charge is -2.44. The molecule has 2 bridgehead atoms. The summed E-state index contributed by atoms with van der Waals surface area (Å²) in [6.07, 6.45) is -12.9. The summed E-state index contributed by atoms with van der Waals surface area (Å²) in [4.78, 5) is 3.53. The molecule has 2 fully saturated rings. The van der Waals surface area contributed by atoms with E-state index in [0.717, 1.165) is 12.3 Å². The van der Waals surface area contributed by atoms with Crippen molar-refractivity contribution in [2.75, 3.05) is 19.5 Å². The molecular weight excluding hydrogens is 200 g/mol. The summed E-state index contributed by atoms with van der Waals surface area (Å²) in [6, 6.07) is 2.42. The lowest BCUT2D eigenvalue weighted by Crippen LogP contribution is -2.50. The second-order valence-corrected chi connectivity index (χ2v) is 3.58. The summed E-state index contributed by atoms with van der Waals surface area (Å²) in [5.74, 6) is -0.467. The Hall–Kier alpha value is -1.09. The smallest absolute Gasteiger partial charge is 0.141 e. The van der Waals surface area contributed by atoms with Gasteiger partial charge in [0.15, 0.2) is 0 Å². The molecular formula is C13H16N2O. The van der Waals surface area contributed by atoms with Gasteiger partial charge in [-0.1, -0.05) is 0 Å². The van der Waals surface area contributed by atoms with E-state index in [-0.39, 0.29) is 4.90 Å². The molecule has 0 radical (unpaired) electrons. The third-order valence-electron chi connectivity index (χ3n) is 2.55. The average Bonchev–Trinajstić information content (AvgIpc) is 2.60. The van der Waals surface area contributed by atoms with E-state index < -0.39 is 61.5 Å².